The van der Waals surface area contributed by atoms with Gasteiger partial charge in [-0.3, -0.25) is 19.4 Å². The van der Waals surface area contributed by atoms with E-state index in [0.717, 1.165) is 51.9 Å². The van der Waals surface area contributed by atoms with Crippen molar-refractivity contribution in [1.29, 1.82) is 0 Å². The highest BCUT2D eigenvalue weighted by Crippen LogP contribution is 2.21. The standard InChI is InChI=1S/C19H25N5O/c25-19(16-4-11-24-18(12-16)3-8-21-24)22-17-5-9-23(10-6-17)14-15-2-1-7-20-13-15/h1-3,7-8,13,16-17H,4-6,9-12,14H2,(H,22,25). The summed E-state index contributed by atoms with van der Waals surface area (Å²) in [6, 6.07) is 6.44. The molecule has 132 valence electrons. The van der Waals surface area contributed by atoms with Crippen LogP contribution in [0, 0.1) is 5.92 Å². The first-order chi connectivity index (χ1) is 12.3. The zero-order valence-electron chi connectivity index (χ0n) is 14.5. The molecular weight excluding hydrogens is 314 g/mol. The van der Waals surface area contributed by atoms with E-state index in [1.54, 1.807) is 0 Å². The Morgan fingerprint density at radius 1 is 1.16 bits per heavy atom. The van der Waals surface area contributed by atoms with Crippen molar-refractivity contribution < 1.29 is 4.79 Å². The monoisotopic (exact) mass is 339 g/mol. The molecule has 4 heterocycles. The predicted octanol–water partition coefficient (Wildman–Crippen LogP) is 1.62. The molecule has 6 heteroatoms. The minimum Gasteiger partial charge on any atom is -0.353 e. The highest BCUT2D eigenvalue weighted by atomic mass is 16.1. The first-order valence-corrected chi connectivity index (χ1v) is 9.20. The number of pyridine rings is 1. The van der Waals surface area contributed by atoms with Gasteiger partial charge in [-0.2, -0.15) is 5.10 Å². The topological polar surface area (TPSA) is 63.1 Å². The highest BCUT2D eigenvalue weighted by Gasteiger charge is 2.28. The maximum absolute atomic E-state index is 12.6. The molecule has 2 aromatic heterocycles. The third-order valence-electron chi connectivity index (χ3n) is 5.38. The van der Waals surface area contributed by atoms with Crippen molar-refractivity contribution >= 4 is 5.91 Å². The molecule has 1 saturated heterocycles. The normalized spacial score (nSPS) is 21.7. The Kier molecular flexibility index (Phi) is 4.78. The van der Waals surface area contributed by atoms with Gasteiger partial charge in [-0.25, -0.2) is 0 Å². The van der Waals surface area contributed by atoms with Crippen LogP contribution in [-0.2, 0) is 24.3 Å². The number of carbonyl (C=O) groups is 1. The Morgan fingerprint density at radius 2 is 2.04 bits per heavy atom. The second-order valence-corrected chi connectivity index (χ2v) is 7.16. The van der Waals surface area contributed by atoms with Crippen LogP contribution in [-0.4, -0.2) is 44.7 Å². The lowest BCUT2D eigenvalue weighted by Crippen LogP contribution is -2.47. The summed E-state index contributed by atoms with van der Waals surface area (Å²) < 4.78 is 2.01. The van der Waals surface area contributed by atoms with Crippen LogP contribution < -0.4 is 5.32 Å². The first-order valence-electron chi connectivity index (χ1n) is 9.20. The summed E-state index contributed by atoms with van der Waals surface area (Å²) in [5, 5.41) is 7.57. The average Bonchev–Trinajstić information content (AvgIpc) is 3.12. The lowest BCUT2D eigenvalue weighted by atomic mass is 9.94. The maximum Gasteiger partial charge on any atom is 0.223 e. The molecule has 0 aliphatic carbocycles. The number of fused-ring (bicyclic) bond motifs is 1. The number of aromatic nitrogens is 3. The third kappa shape index (κ3) is 3.90. The summed E-state index contributed by atoms with van der Waals surface area (Å²) >= 11 is 0. The molecule has 6 nitrogen and oxygen atoms in total. The number of likely N-dealkylation sites (tertiary alicyclic amines) is 1. The second kappa shape index (κ2) is 7.35. The minimum absolute atomic E-state index is 0.0950. The minimum atomic E-state index is 0.0950. The van der Waals surface area contributed by atoms with Gasteiger partial charge in [0.25, 0.3) is 0 Å². The van der Waals surface area contributed by atoms with Gasteiger partial charge >= 0.3 is 0 Å². The van der Waals surface area contributed by atoms with Gasteiger partial charge in [0.1, 0.15) is 0 Å². The zero-order chi connectivity index (χ0) is 17.1. The van der Waals surface area contributed by atoms with E-state index in [9.17, 15) is 4.79 Å². The number of carbonyl (C=O) groups excluding carboxylic acids is 1. The number of nitrogens with zero attached hydrogens (tertiary/aromatic N) is 4. The van der Waals surface area contributed by atoms with Crippen LogP contribution in [0.2, 0.25) is 0 Å². The number of rotatable bonds is 4. The lowest BCUT2D eigenvalue weighted by molar-refractivity contribution is -0.126. The summed E-state index contributed by atoms with van der Waals surface area (Å²) in [6.07, 6.45) is 9.32. The largest absolute Gasteiger partial charge is 0.353 e. The summed E-state index contributed by atoms with van der Waals surface area (Å²) in [7, 11) is 0. The Morgan fingerprint density at radius 3 is 2.84 bits per heavy atom. The fraction of sp³-hybridized carbons (Fsp3) is 0.526. The van der Waals surface area contributed by atoms with Crippen molar-refractivity contribution in [3.63, 3.8) is 0 Å². The zero-order valence-corrected chi connectivity index (χ0v) is 14.5. The van der Waals surface area contributed by atoms with Gasteiger partial charge in [0.15, 0.2) is 0 Å². The van der Waals surface area contributed by atoms with Crippen molar-refractivity contribution in [2.24, 2.45) is 5.92 Å². The molecule has 25 heavy (non-hydrogen) atoms. The van der Waals surface area contributed by atoms with Crippen molar-refractivity contribution in [2.45, 2.75) is 44.8 Å². The Labute approximate surface area is 148 Å². The van der Waals surface area contributed by atoms with Crippen LogP contribution >= 0.6 is 0 Å². The number of hydrogen-bond donors (Lipinski definition) is 1. The van der Waals surface area contributed by atoms with E-state index in [0.29, 0.717) is 6.04 Å². The van der Waals surface area contributed by atoms with E-state index in [4.69, 9.17) is 0 Å². The van der Waals surface area contributed by atoms with Crippen LogP contribution in [0.25, 0.3) is 0 Å². The van der Waals surface area contributed by atoms with Gasteiger partial charge in [0, 0.05) is 68.8 Å². The molecule has 0 saturated carbocycles. The molecule has 1 atom stereocenters. The van der Waals surface area contributed by atoms with Gasteiger partial charge in [0.2, 0.25) is 5.91 Å². The Balaban J connectivity index is 1.24. The lowest BCUT2D eigenvalue weighted by Gasteiger charge is -2.33. The Hall–Kier alpha value is -2.21. The second-order valence-electron chi connectivity index (χ2n) is 7.16. The van der Waals surface area contributed by atoms with Crippen molar-refractivity contribution in [3.8, 4) is 0 Å². The van der Waals surface area contributed by atoms with Crippen LogP contribution in [0.3, 0.4) is 0 Å². The number of nitrogens with one attached hydrogen (secondary N) is 1. The molecule has 0 aromatic carbocycles. The van der Waals surface area contributed by atoms with Crippen LogP contribution in [0.4, 0.5) is 0 Å². The van der Waals surface area contributed by atoms with E-state index in [2.05, 4.69) is 26.4 Å². The molecule has 0 radical (unpaired) electrons. The van der Waals surface area contributed by atoms with E-state index in [1.807, 2.05) is 35.4 Å². The smallest absolute Gasteiger partial charge is 0.223 e. The molecule has 0 spiro atoms. The number of hydrogen-bond acceptors (Lipinski definition) is 4. The van der Waals surface area contributed by atoms with Crippen LogP contribution in [0.15, 0.2) is 36.8 Å². The fourth-order valence-corrected chi connectivity index (χ4v) is 3.90. The van der Waals surface area contributed by atoms with Gasteiger partial charge in [-0.05, 0) is 37.0 Å². The molecule has 4 rings (SSSR count). The SMILES string of the molecule is O=C(NC1CCN(Cc2cccnc2)CC1)C1CCn2nccc2C1. The summed E-state index contributed by atoms with van der Waals surface area (Å²) in [4.78, 5) is 19.2. The average molecular weight is 339 g/mol. The fourth-order valence-electron chi connectivity index (χ4n) is 3.90. The van der Waals surface area contributed by atoms with Crippen molar-refractivity contribution in [3.05, 3.63) is 48.0 Å². The molecule has 2 aromatic rings. The van der Waals surface area contributed by atoms with Crippen LogP contribution in [0.5, 0.6) is 0 Å². The molecule has 1 fully saturated rings. The van der Waals surface area contributed by atoms with Gasteiger partial charge in [-0.1, -0.05) is 6.07 Å². The number of amides is 1. The molecule has 1 unspecified atom stereocenters. The number of piperidine rings is 1. The van der Waals surface area contributed by atoms with E-state index in [-0.39, 0.29) is 11.8 Å². The molecule has 2 aliphatic rings. The van der Waals surface area contributed by atoms with E-state index >= 15 is 0 Å². The van der Waals surface area contributed by atoms with Crippen molar-refractivity contribution in [2.75, 3.05) is 13.1 Å². The quantitative estimate of drug-likeness (QED) is 0.919. The van der Waals surface area contributed by atoms with Crippen LogP contribution in [0.1, 0.15) is 30.5 Å². The molecule has 0 bridgehead atoms. The van der Waals surface area contributed by atoms with Gasteiger partial charge < -0.3 is 5.32 Å². The summed E-state index contributed by atoms with van der Waals surface area (Å²) in [5.74, 6) is 0.316. The van der Waals surface area contributed by atoms with E-state index < -0.39 is 0 Å². The third-order valence-corrected chi connectivity index (χ3v) is 5.38. The van der Waals surface area contributed by atoms with Gasteiger partial charge in [-0.15, -0.1) is 0 Å². The molecule has 2 aliphatic heterocycles. The maximum atomic E-state index is 12.6. The highest BCUT2D eigenvalue weighted by molar-refractivity contribution is 5.79. The first kappa shape index (κ1) is 16.3. The predicted molar refractivity (Wildman–Crippen MR) is 94.7 cm³/mol. The van der Waals surface area contributed by atoms with Crippen molar-refractivity contribution in [1.82, 2.24) is 25.0 Å². The summed E-state index contributed by atoms with van der Waals surface area (Å²) in [5.41, 5.74) is 2.43. The molecule has 1 N–H and O–H groups in total. The van der Waals surface area contributed by atoms with E-state index in [1.165, 1.54) is 11.3 Å². The summed E-state index contributed by atoms with van der Waals surface area (Å²) in [6.45, 7) is 3.85. The number of aryl methyl sites for hydroxylation is 1. The molecule has 1 amide bonds. The Bertz CT molecular complexity index is 706. The molecular formula is C19H25N5O. The van der Waals surface area contributed by atoms with Gasteiger partial charge in [0.05, 0.1) is 0 Å².